The van der Waals surface area contributed by atoms with E-state index in [1.54, 1.807) is 27.0 Å². The number of nitrogens with one attached hydrogen (secondary N) is 3. The number of para-hydroxylation sites is 1. The highest BCUT2D eigenvalue weighted by molar-refractivity contribution is 5.95. The predicted molar refractivity (Wildman–Crippen MR) is 133 cm³/mol. The summed E-state index contributed by atoms with van der Waals surface area (Å²) in [6.45, 7) is 8.79. The Morgan fingerprint density at radius 3 is 2.45 bits per heavy atom. The largest absolute Gasteiger partial charge is 0.471 e. The number of aromatic amines is 1. The Balaban J connectivity index is 1.56. The van der Waals surface area contributed by atoms with Crippen molar-refractivity contribution in [1.29, 1.82) is 5.26 Å². The van der Waals surface area contributed by atoms with Crippen LogP contribution in [-0.2, 0) is 20.8 Å². The monoisotopic (exact) mass is 531 g/mol. The molecule has 3 N–H and O–H groups in total. The van der Waals surface area contributed by atoms with E-state index in [-0.39, 0.29) is 30.2 Å². The number of fused-ring (bicyclic) bond motifs is 2. The summed E-state index contributed by atoms with van der Waals surface area (Å²) in [5.41, 5.74) is 0.449. The average Bonchev–Trinajstić information content (AvgIpc) is 3.19. The van der Waals surface area contributed by atoms with Gasteiger partial charge in [0.05, 0.1) is 6.07 Å². The molecule has 3 amide bonds. The Labute approximate surface area is 218 Å². The second-order valence-corrected chi connectivity index (χ2v) is 11.9. The van der Waals surface area contributed by atoms with Crippen molar-refractivity contribution >= 4 is 28.6 Å². The minimum atomic E-state index is -5.15. The van der Waals surface area contributed by atoms with E-state index < -0.39 is 47.4 Å². The summed E-state index contributed by atoms with van der Waals surface area (Å²) in [6, 6.07) is 6.34. The van der Waals surface area contributed by atoms with E-state index in [2.05, 4.69) is 16.4 Å². The number of carbonyl (C=O) groups is 3. The van der Waals surface area contributed by atoms with Crippen LogP contribution in [0.2, 0.25) is 0 Å². The van der Waals surface area contributed by atoms with Gasteiger partial charge in [0.2, 0.25) is 11.8 Å². The van der Waals surface area contributed by atoms with Crippen LogP contribution in [0.5, 0.6) is 0 Å². The smallest absolute Gasteiger partial charge is 0.361 e. The summed E-state index contributed by atoms with van der Waals surface area (Å²) in [5, 5.41) is 15.3. The zero-order chi connectivity index (χ0) is 28.2. The molecule has 5 atom stereocenters. The van der Waals surface area contributed by atoms with Gasteiger partial charge in [-0.1, -0.05) is 52.8 Å². The molecular formula is C27H32F3N5O3. The van der Waals surface area contributed by atoms with Crippen LogP contribution in [0, 0.1) is 34.0 Å². The van der Waals surface area contributed by atoms with Gasteiger partial charge in [0.15, 0.2) is 0 Å². The summed E-state index contributed by atoms with van der Waals surface area (Å²) >= 11 is 0. The van der Waals surface area contributed by atoms with Gasteiger partial charge >= 0.3 is 12.1 Å². The molecule has 1 aromatic carbocycles. The van der Waals surface area contributed by atoms with Crippen molar-refractivity contribution in [2.45, 2.75) is 65.3 Å². The number of aromatic nitrogens is 1. The van der Waals surface area contributed by atoms with E-state index in [4.69, 9.17) is 0 Å². The summed E-state index contributed by atoms with van der Waals surface area (Å²) in [7, 11) is 0. The fraction of sp³-hybridized carbons (Fsp3) is 0.556. The van der Waals surface area contributed by atoms with Gasteiger partial charge in [-0.15, -0.1) is 0 Å². The number of hydrogen-bond donors (Lipinski definition) is 3. The van der Waals surface area contributed by atoms with Gasteiger partial charge in [-0.05, 0) is 34.3 Å². The zero-order valence-electron chi connectivity index (χ0n) is 21.9. The van der Waals surface area contributed by atoms with Gasteiger partial charge in [0.25, 0.3) is 0 Å². The van der Waals surface area contributed by atoms with Crippen LogP contribution in [0.25, 0.3) is 10.9 Å². The standard InChI is InChI=1S/C27H32F3N5O3/c1-25(2,3)21(34-24(38)27(28,29)30)23(37)35-13-17-19(26(17,4)5)20(35)22(36)33-15(11-31)10-14-12-32-18-9-7-6-8-16(14)18/h6-9,12,15,17,19-21,32H,10,13H2,1-5H3,(H,33,36)(H,34,38)/t15?,17-,19-,20-,21+/m0/s1. The topological polar surface area (TPSA) is 118 Å². The van der Waals surface area contributed by atoms with Gasteiger partial charge < -0.3 is 20.5 Å². The Morgan fingerprint density at radius 2 is 1.84 bits per heavy atom. The van der Waals surface area contributed by atoms with Gasteiger partial charge in [0.1, 0.15) is 18.1 Å². The summed E-state index contributed by atoms with van der Waals surface area (Å²) < 4.78 is 39.0. The van der Waals surface area contributed by atoms with Crippen molar-refractivity contribution < 1.29 is 27.6 Å². The number of piperidine rings is 1. The molecule has 2 aromatic rings. The number of amides is 3. The lowest BCUT2D eigenvalue weighted by Crippen LogP contribution is -2.61. The highest BCUT2D eigenvalue weighted by atomic mass is 19.4. The van der Waals surface area contributed by atoms with E-state index in [1.165, 1.54) is 4.90 Å². The molecule has 11 heteroatoms. The minimum absolute atomic E-state index is 0.0183. The number of nitrogens with zero attached hydrogens (tertiary/aromatic N) is 2. The van der Waals surface area contributed by atoms with Crippen LogP contribution < -0.4 is 10.6 Å². The first kappa shape index (κ1) is 27.5. The lowest BCUT2D eigenvalue weighted by atomic mass is 9.85. The number of nitriles is 1. The maximum Gasteiger partial charge on any atom is 0.471 e. The van der Waals surface area contributed by atoms with E-state index in [1.807, 2.05) is 43.4 Å². The zero-order valence-corrected chi connectivity index (χ0v) is 21.9. The van der Waals surface area contributed by atoms with Crippen molar-refractivity contribution in [2.75, 3.05) is 6.54 Å². The van der Waals surface area contributed by atoms with Gasteiger partial charge in [-0.2, -0.15) is 18.4 Å². The molecule has 0 bridgehead atoms. The molecule has 1 saturated heterocycles. The summed E-state index contributed by atoms with van der Waals surface area (Å²) in [6.07, 6.45) is -3.14. The molecule has 4 rings (SSSR count). The number of benzene rings is 1. The molecule has 204 valence electrons. The minimum Gasteiger partial charge on any atom is -0.361 e. The summed E-state index contributed by atoms with van der Waals surface area (Å²) in [4.78, 5) is 43.3. The SMILES string of the molecule is CC(C)(C)[C@H](NC(=O)C(F)(F)F)C(=O)N1C[C@H]2[C@@H]([C@H]1C(=O)NC(C#N)Cc1c[nH]c3ccccc13)C2(C)C. The van der Waals surface area contributed by atoms with Crippen molar-refractivity contribution in [3.05, 3.63) is 36.0 Å². The van der Waals surface area contributed by atoms with E-state index >= 15 is 0 Å². The Hall–Kier alpha value is -3.55. The molecule has 2 heterocycles. The van der Waals surface area contributed by atoms with Crippen molar-refractivity contribution in [3.63, 3.8) is 0 Å². The molecule has 2 fully saturated rings. The third-order valence-corrected chi connectivity index (χ3v) is 7.98. The van der Waals surface area contributed by atoms with Gasteiger partial charge in [0, 0.05) is 30.1 Å². The first-order valence-electron chi connectivity index (χ1n) is 12.5. The molecule has 8 nitrogen and oxygen atoms in total. The molecule has 1 aliphatic heterocycles. The van der Waals surface area contributed by atoms with Gasteiger partial charge in [-0.3, -0.25) is 14.4 Å². The van der Waals surface area contributed by atoms with Crippen LogP contribution in [0.4, 0.5) is 13.2 Å². The third kappa shape index (κ3) is 4.96. The van der Waals surface area contributed by atoms with Crippen molar-refractivity contribution in [2.24, 2.45) is 22.7 Å². The van der Waals surface area contributed by atoms with Crippen molar-refractivity contribution in [1.82, 2.24) is 20.5 Å². The number of H-pyrrole nitrogens is 1. The Morgan fingerprint density at radius 1 is 1.18 bits per heavy atom. The van der Waals surface area contributed by atoms with E-state index in [0.29, 0.717) is 0 Å². The summed E-state index contributed by atoms with van der Waals surface area (Å²) in [5.74, 6) is -3.71. The normalized spacial score (nSPS) is 23.8. The molecule has 1 aliphatic carbocycles. The van der Waals surface area contributed by atoms with Gasteiger partial charge in [-0.25, -0.2) is 0 Å². The molecule has 1 saturated carbocycles. The molecular weight excluding hydrogens is 499 g/mol. The molecule has 38 heavy (non-hydrogen) atoms. The Bertz CT molecular complexity index is 1300. The quantitative estimate of drug-likeness (QED) is 0.530. The number of hydrogen-bond acceptors (Lipinski definition) is 4. The van der Waals surface area contributed by atoms with Crippen LogP contribution >= 0.6 is 0 Å². The number of carbonyl (C=O) groups excluding carboxylic acids is 3. The fourth-order valence-electron chi connectivity index (χ4n) is 5.75. The third-order valence-electron chi connectivity index (χ3n) is 7.98. The number of halogens is 3. The van der Waals surface area contributed by atoms with Crippen LogP contribution in [0.1, 0.15) is 40.2 Å². The molecule has 0 radical (unpaired) electrons. The predicted octanol–water partition coefficient (Wildman–Crippen LogP) is 3.29. The number of rotatable bonds is 6. The second kappa shape index (κ2) is 9.33. The molecule has 0 spiro atoms. The first-order valence-corrected chi connectivity index (χ1v) is 12.5. The van der Waals surface area contributed by atoms with E-state index in [0.717, 1.165) is 16.5 Å². The average molecular weight is 532 g/mol. The highest BCUT2D eigenvalue weighted by Gasteiger charge is 2.70. The maximum absolute atomic E-state index is 13.6. The lowest BCUT2D eigenvalue weighted by molar-refractivity contribution is -0.176. The number of likely N-dealkylation sites (tertiary alicyclic amines) is 1. The number of alkyl halides is 3. The highest BCUT2D eigenvalue weighted by Crippen LogP contribution is 2.65. The second-order valence-electron chi connectivity index (χ2n) is 11.9. The molecule has 1 aromatic heterocycles. The van der Waals surface area contributed by atoms with Crippen LogP contribution in [0.3, 0.4) is 0 Å². The van der Waals surface area contributed by atoms with Crippen LogP contribution in [-0.4, -0.2) is 58.5 Å². The lowest BCUT2D eigenvalue weighted by Gasteiger charge is -2.37. The van der Waals surface area contributed by atoms with Crippen LogP contribution in [0.15, 0.2) is 30.5 Å². The maximum atomic E-state index is 13.6. The molecule has 2 aliphatic rings. The molecule has 1 unspecified atom stereocenters. The fourth-order valence-corrected chi connectivity index (χ4v) is 5.75. The van der Waals surface area contributed by atoms with Crippen molar-refractivity contribution in [3.8, 4) is 6.07 Å². The Kier molecular flexibility index (Phi) is 6.75. The van der Waals surface area contributed by atoms with E-state index in [9.17, 15) is 32.8 Å². The first-order chi connectivity index (χ1) is 17.6.